The summed E-state index contributed by atoms with van der Waals surface area (Å²) in [5.74, 6) is -0.881. The summed E-state index contributed by atoms with van der Waals surface area (Å²) in [6.45, 7) is 7.68. The fourth-order valence-electron chi connectivity index (χ4n) is 5.53. The van der Waals surface area contributed by atoms with E-state index >= 15 is 0 Å². The molecule has 0 fully saturated rings. The summed E-state index contributed by atoms with van der Waals surface area (Å²) in [7, 11) is -2.29. The number of carbonyl (C=O) groups is 2. The van der Waals surface area contributed by atoms with Crippen LogP contribution in [0.1, 0.15) is 56.0 Å². The Morgan fingerprint density at radius 1 is 1.04 bits per heavy atom. The zero-order valence-electron chi connectivity index (χ0n) is 28.7. The summed E-state index contributed by atoms with van der Waals surface area (Å²) in [4.78, 5) is 28.8. The third kappa shape index (κ3) is 10.2. The number of amides is 3. The molecular formula is C36H47FN4O7S. The van der Waals surface area contributed by atoms with Crippen LogP contribution in [0.2, 0.25) is 0 Å². The fourth-order valence-corrected chi connectivity index (χ4v) is 6.71. The first kappa shape index (κ1) is 37.8. The van der Waals surface area contributed by atoms with Crippen LogP contribution in [0.25, 0.3) is 0 Å². The highest BCUT2D eigenvalue weighted by Crippen LogP contribution is 2.29. The molecule has 0 saturated carbocycles. The Morgan fingerprint density at radius 2 is 1.69 bits per heavy atom. The number of urea groups is 1. The van der Waals surface area contributed by atoms with E-state index in [-0.39, 0.29) is 42.2 Å². The van der Waals surface area contributed by atoms with Crippen molar-refractivity contribution in [1.29, 1.82) is 0 Å². The maximum atomic E-state index is 14.3. The van der Waals surface area contributed by atoms with E-state index in [1.54, 1.807) is 43.3 Å². The largest absolute Gasteiger partial charge is 0.490 e. The molecule has 11 nitrogen and oxygen atoms in total. The molecule has 0 spiro atoms. The molecule has 3 N–H and O–H groups in total. The number of aliphatic hydroxyl groups is 1. The molecule has 0 bridgehead atoms. The van der Waals surface area contributed by atoms with Crippen molar-refractivity contribution in [2.75, 3.05) is 44.0 Å². The zero-order chi connectivity index (χ0) is 35.7. The van der Waals surface area contributed by atoms with Crippen molar-refractivity contribution in [2.45, 2.75) is 70.1 Å². The van der Waals surface area contributed by atoms with Crippen molar-refractivity contribution in [3.8, 4) is 5.75 Å². The summed E-state index contributed by atoms with van der Waals surface area (Å²) in [6.07, 6.45) is 1.36. The lowest BCUT2D eigenvalue weighted by atomic mass is 10.0. The van der Waals surface area contributed by atoms with E-state index in [2.05, 4.69) is 10.6 Å². The highest BCUT2D eigenvalue weighted by molar-refractivity contribution is 7.89. The zero-order valence-corrected chi connectivity index (χ0v) is 29.5. The van der Waals surface area contributed by atoms with Crippen LogP contribution in [-0.2, 0) is 14.8 Å². The normalized spacial score (nSPS) is 20.1. The number of benzene rings is 3. The smallest absolute Gasteiger partial charge is 0.323 e. The van der Waals surface area contributed by atoms with Crippen molar-refractivity contribution in [3.63, 3.8) is 0 Å². The highest BCUT2D eigenvalue weighted by atomic mass is 32.2. The Labute approximate surface area is 288 Å². The third-order valence-corrected chi connectivity index (χ3v) is 10.4. The van der Waals surface area contributed by atoms with Crippen LogP contribution in [-0.4, -0.2) is 86.3 Å². The molecule has 0 aromatic heterocycles. The Bertz CT molecular complexity index is 1670. The van der Waals surface area contributed by atoms with E-state index in [9.17, 15) is 27.5 Å². The minimum Gasteiger partial charge on any atom is -0.490 e. The van der Waals surface area contributed by atoms with Crippen LogP contribution in [0.4, 0.5) is 20.6 Å². The maximum Gasteiger partial charge on any atom is 0.323 e. The molecule has 3 amide bonds. The number of fused-ring (bicyclic) bond motifs is 1. The van der Waals surface area contributed by atoms with E-state index in [0.717, 1.165) is 18.4 Å². The number of aryl methyl sites for hydroxylation is 1. The van der Waals surface area contributed by atoms with E-state index in [1.165, 1.54) is 46.6 Å². The van der Waals surface area contributed by atoms with Crippen molar-refractivity contribution in [1.82, 2.24) is 9.21 Å². The number of nitrogens with one attached hydrogen (secondary N) is 2. The topological polar surface area (TPSA) is 138 Å². The summed E-state index contributed by atoms with van der Waals surface area (Å²) in [5.41, 5.74) is 1.84. The quantitative estimate of drug-likeness (QED) is 0.267. The molecule has 0 radical (unpaired) electrons. The molecule has 0 aliphatic carbocycles. The lowest BCUT2D eigenvalue weighted by molar-refractivity contribution is -0.00833. The summed E-state index contributed by atoms with van der Waals surface area (Å²) in [6, 6.07) is 15.6. The molecule has 1 aliphatic rings. The van der Waals surface area contributed by atoms with Crippen molar-refractivity contribution in [3.05, 3.63) is 83.7 Å². The molecule has 1 heterocycles. The van der Waals surface area contributed by atoms with Gasteiger partial charge in [-0.2, -0.15) is 4.31 Å². The van der Waals surface area contributed by atoms with Gasteiger partial charge in [0, 0.05) is 44.0 Å². The van der Waals surface area contributed by atoms with Gasteiger partial charge < -0.3 is 30.1 Å². The van der Waals surface area contributed by atoms with Crippen LogP contribution in [0.5, 0.6) is 5.75 Å². The minimum atomic E-state index is -3.81. The van der Waals surface area contributed by atoms with E-state index in [4.69, 9.17) is 9.47 Å². The van der Waals surface area contributed by atoms with Crippen molar-refractivity contribution >= 4 is 33.3 Å². The van der Waals surface area contributed by atoms with Gasteiger partial charge in [0.05, 0.1) is 35.3 Å². The first-order valence-electron chi connectivity index (χ1n) is 16.5. The average Bonchev–Trinajstić information content (AvgIpc) is 3.07. The lowest BCUT2D eigenvalue weighted by Crippen LogP contribution is -2.48. The molecule has 13 heteroatoms. The summed E-state index contributed by atoms with van der Waals surface area (Å²) >= 11 is 0. The van der Waals surface area contributed by atoms with Crippen LogP contribution >= 0.6 is 0 Å². The number of halogens is 1. The number of hydrogen-bond acceptors (Lipinski definition) is 7. The number of rotatable bonds is 8. The van der Waals surface area contributed by atoms with Crippen molar-refractivity contribution in [2.24, 2.45) is 5.92 Å². The molecule has 1 aliphatic heterocycles. The number of anilines is 2. The highest BCUT2D eigenvalue weighted by Gasteiger charge is 2.32. The lowest BCUT2D eigenvalue weighted by Gasteiger charge is -2.35. The number of ether oxygens (including phenoxy) is 2. The second-order valence-corrected chi connectivity index (χ2v) is 14.7. The van der Waals surface area contributed by atoms with Crippen LogP contribution in [0.3, 0.4) is 0 Å². The number of hydrogen-bond donors (Lipinski definition) is 3. The van der Waals surface area contributed by atoms with Crippen LogP contribution < -0.4 is 15.4 Å². The fraction of sp³-hybridized carbons (Fsp3) is 0.444. The average molecular weight is 699 g/mol. The van der Waals surface area contributed by atoms with Gasteiger partial charge in [-0.25, -0.2) is 17.6 Å². The molecule has 4 rings (SSSR count). The second-order valence-electron chi connectivity index (χ2n) is 12.7. The number of nitrogens with zero attached hydrogens (tertiary/aromatic N) is 2. The Hall–Kier alpha value is -4.04. The molecule has 0 saturated heterocycles. The van der Waals surface area contributed by atoms with Gasteiger partial charge in [-0.1, -0.05) is 24.6 Å². The molecular weight excluding hydrogens is 651 g/mol. The number of aliphatic hydroxyl groups excluding tert-OH is 1. The van der Waals surface area contributed by atoms with Gasteiger partial charge in [-0.05, 0) is 94.6 Å². The Morgan fingerprint density at radius 3 is 2.37 bits per heavy atom. The van der Waals surface area contributed by atoms with E-state index < -0.39 is 39.9 Å². The predicted octanol–water partition coefficient (Wildman–Crippen LogP) is 5.89. The number of likely N-dealkylation sites (N-methyl/N-ethyl adjacent to an activating group) is 1. The van der Waals surface area contributed by atoms with E-state index in [0.29, 0.717) is 30.2 Å². The maximum absolute atomic E-state index is 14.3. The minimum absolute atomic E-state index is 0.0558. The summed E-state index contributed by atoms with van der Waals surface area (Å²) < 4.78 is 54.1. The monoisotopic (exact) mass is 698 g/mol. The Balaban J connectivity index is 1.62. The van der Waals surface area contributed by atoms with Gasteiger partial charge in [-0.15, -0.1) is 0 Å². The van der Waals surface area contributed by atoms with Gasteiger partial charge in [0.25, 0.3) is 5.91 Å². The molecule has 0 unspecified atom stereocenters. The van der Waals surface area contributed by atoms with Gasteiger partial charge in [0.15, 0.2) is 0 Å². The van der Waals surface area contributed by atoms with Crippen LogP contribution in [0, 0.1) is 18.7 Å². The molecule has 49 heavy (non-hydrogen) atoms. The molecule has 266 valence electrons. The van der Waals surface area contributed by atoms with E-state index in [1.807, 2.05) is 20.8 Å². The SMILES string of the molecule is Cc1ccc(S(=O)(=O)N(C)C[C@H]2OCCCC[C@H](C)Oc3ccc(NC(=O)Nc4ccc(F)cc4)cc3C(=O)N([C@@H](C)CO)C[C@@H]2C)cc1. The predicted molar refractivity (Wildman–Crippen MR) is 187 cm³/mol. The third-order valence-electron chi connectivity index (χ3n) is 8.58. The number of sulfonamides is 1. The second kappa shape index (κ2) is 17.1. The van der Waals surface area contributed by atoms with Crippen molar-refractivity contribution < 1.29 is 37.0 Å². The Kier molecular flexibility index (Phi) is 13.2. The standard InChI is InChI=1S/C36H47FN4O7S/c1-24-9-16-31(17-10-24)49(45,46)40(5)22-34-25(2)21-41(26(3)23-42)35(43)32-20-30(39-36(44)38-29-13-11-28(37)12-14-29)15-18-33(32)48-27(4)8-6-7-19-47-34/h9-18,20,25-27,34,42H,6-8,19,21-23H2,1-5H3,(H2,38,39,44)/t25-,26-,27-,34+/m0/s1. The van der Waals surface area contributed by atoms with Gasteiger partial charge in [0.1, 0.15) is 11.6 Å². The van der Waals surface area contributed by atoms with Crippen LogP contribution in [0.15, 0.2) is 71.6 Å². The van der Waals surface area contributed by atoms with Gasteiger partial charge in [-0.3, -0.25) is 4.79 Å². The molecule has 3 aromatic carbocycles. The first-order valence-corrected chi connectivity index (χ1v) is 17.9. The van der Waals surface area contributed by atoms with Gasteiger partial charge >= 0.3 is 6.03 Å². The first-order chi connectivity index (χ1) is 23.3. The number of carbonyl (C=O) groups excluding carboxylic acids is 2. The summed E-state index contributed by atoms with van der Waals surface area (Å²) in [5, 5.41) is 15.6. The molecule has 3 aromatic rings. The molecule has 4 atom stereocenters. The van der Waals surface area contributed by atoms with Gasteiger partial charge in [0.2, 0.25) is 10.0 Å².